The third kappa shape index (κ3) is 4.09. The number of rotatable bonds is 7. The van der Waals surface area contributed by atoms with Crippen LogP contribution in [0.2, 0.25) is 0 Å². The first-order chi connectivity index (χ1) is 13.3. The molecule has 4 aromatic rings. The Bertz CT molecular complexity index is 1010. The third-order valence-electron chi connectivity index (χ3n) is 3.88. The van der Waals surface area contributed by atoms with Crippen LogP contribution in [0, 0.1) is 0 Å². The van der Waals surface area contributed by atoms with E-state index in [9.17, 15) is 4.79 Å². The van der Waals surface area contributed by atoms with E-state index < -0.39 is 0 Å². The van der Waals surface area contributed by atoms with E-state index in [2.05, 4.69) is 25.5 Å². The van der Waals surface area contributed by atoms with E-state index in [1.165, 1.54) is 0 Å². The first-order valence-electron chi connectivity index (χ1n) is 8.35. The molecule has 0 aliphatic carbocycles. The Labute approximate surface area is 158 Å². The second kappa shape index (κ2) is 7.92. The smallest absolute Gasteiger partial charge is 0.227 e. The van der Waals surface area contributed by atoms with Crippen LogP contribution in [0.4, 0.5) is 0 Å². The number of aromatic nitrogens is 5. The van der Waals surface area contributed by atoms with Crippen molar-refractivity contribution in [2.75, 3.05) is 0 Å². The molecule has 0 saturated carbocycles. The van der Waals surface area contributed by atoms with Gasteiger partial charge in [-0.3, -0.25) is 4.79 Å². The van der Waals surface area contributed by atoms with Crippen LogP contribution < -0.4 is 5.32 Å². The van der Waals surface area contributed by atoms with Gasteiger partial charge in [0.2, 0.25) is 17.6 Å². The summed E-state index contributed by atoms with van der Waals surface area (Å²) in [6.07, 6.45) is 5.85. The molecule has 1 N–H and O–H groups in total. The summed E-state index contributed by atoms with van der Waals surface area (Å²) in [5.41, 5.74) is 1.80. The normalized spacial score (nSPS) is 10.8. The molecule has 0 bridgehead atoms. The standard InChI is InChI=1S/C18H16N6O2S/c25-15(4-5-16-22-17(23-26-16)14-6-10-27-12-14)20-11-13-3-1-7-19-18(13)24-9-2-8-21-24/h1-3,6-10,12H,4-5,11H2,(H,20,25). The summed E-state index contributed by atoms with van der Waals surface area (Å²) in [5, 5.41) is 14.9. The molecule has 4 aromatic heterocycles. The average Bonchev–Trinajstić information content (AvgIpc) is 3.46. The van der Waals surface area contributed by atoms with Crippen LogP contribution in [0.1, 0.15) is 17.9 Å². The summed E-state index contributed by atoms with van der Waals surface area (Å²) in [6, 6.07) is 7.50. The van der Waals surface area contributed by atoms with Crippen molar-refractivity contribution in [3.05, 3.63) is 65.1 Å². The van der Waals surface area contributed by atoms with Crippen molar-refractivity contribution in [3.8, 4) is 17.2 Å². The highest BCUT2D eigenvalue weighted by atomic mass is 32.1. The van der Waals surface area contributed by atoms with Crippen LogP contribution in [-0.4, -0.2) is 30.8 Å². The third-order valence-corrected chi connectivity index (χ3v) is 4.56. The van der Waals surface area contributed by atoms with Crippen molar-refractivity contribution in [2.45, 2.75) is 19.4 Å². The minimum atomic E-state index is -0.0967. The van der Waals surface area contributed by atoms with Gasteiger partial charge in [-0.05, 0) is 23.6 Å². The van der Waals surface area contributed by atoms with Gasteiger partial charge in [-0.2, -0.15) is 21.4 Å². The summed E-state index contributed by atoms with van der Waals surface area (Å²) in [4.78, 5) is 20.8. The minimum absolute atomic E-state index is 0.0967. The fraction of sp³-hybridized carbons (Fsp3) is 0.167. The maximum Gasteiger partial charge on any atom is 0.227 e. The Morgan fingerprint density at radius 1 is 1.26 bits per heavy atom. The van der Waals surface area contributed by atoms with E-state index in [4.69, 9.17) is 4.52 Å². The van der Waals surface area contributed by atoms with Crippen LogP contribution in [0.25, 0.3) is 17.2 Å². The first-order valence-corrected chi connectivity index (χ1v) is 9.29. The fourth-order valence-corrected chi connectivity index (χ4v) is 3.17. The number of amides is 1. The molecule has 0 atom stereocenters. The number of carbonyl (C=O) groups is 1. The summed E-state index contributed by atoms with van der Waals surface area (Å²) < 4.78 is 6.88. The van der Waals surface area contributed by atoms with Gasteiger partial charge in [0.1, 0.15) is 0 Å². The van der Waals surface area contributed by atoms with Crippen molar-refractivity contribution in [1.82, 2.24) is 30.2 Å². The number of carbonyl (C=O) groups excluding carboxylic acids is 1. The molecule has 8 nitrogen and oxygen atoms in total. The lowest BCUT2D eigenvalue weighted by molar-refractivity contribution is -0.121. The van der Waals surface area contributed by atoms with Gasteiger partial charge in [-0.1, -0.05) is 11.2 Å². The van der Waals surface area contributed by atoms with Gasteiger partial charge in [0.05, 0.1) is 0 Å². The molecule has 4 rings (SSSR count). The number of pyridine rings is 1. The predicted molar refractivity (Wildman–Crippen MR) is 99.1 cm³/mol. The highest BCUT2D eigenvalue weighted by Crippen LogP contribution is 2.19. The zero-order chi connectivity index (χ0) is 18.5. The van der Waals surface area contributed by atoms with Crippen molar-refractivity contribution >= 4 is 17.2 Å². The second-order valence-corrected chi connectivity index (χ2v) is 6.52. The second-order valence-electron chi connectivity index (χ2n) is 5.74. The summed E-state index contributed by atoms with van der Waals surface area (Å²) >= 11 is 1.57. The molecule has 9 heteroatoms. The van der Waals surface area contributed by atoms with E-state index in [0.29, 0.717) is 30.5 Å². The van der Waals surface area contributed by atoms with E-state index in [-0.39, 0.29) is 12.3 Å². The van der Waals surface area contributed by atoms with Gasteiger partial charge >= 0.3 is 0 Å². The van der Waals surface area contributed by atoms with Crippen LogP contribution in [0.5, 0.6) is 0 Å². The van der Waals surface area contributed by atoms with E-state index >= 15 is 0 Å². The molecule has 4 heterocycles. The fourth-order valence-electron chi connectivity index (χ4n) is 2.54. The van der Waals surface area contributed by atoms with Gasteiger partial charge in [-0.25, -0.2) is 9.67 Å². The van der Waals surface area contributed by atoms with Crippen molar-refractivity contribution in [1.29, 1.82) is 0 Å². The number of hydrogen-bond donors (Lipinski definition) is 1. The number of hydrogen-bond acceptors (Lipinski definition) is 7. The topological polar surface area (TPSA) is 98.7 Å². The first kappa shape index (κ1) is 17.1. The largest absolute Gasteiger partial charge is 0.352 e. The lowest BCUT2D eigenvalue weighted by Crippen LogP contribution is -2.24. The Kier molecular flexibility index (Phi) is 5.01. The lowest BCUT2D eigenvalue weighted by Gasteiger charge is -2.09. The lowest BCUT2D eigenvalue weighted by atomic mass is 10.2. The molecular weight excluding hydrogens is 364 g/mol. The van der Waals surface area contributed by atoms with Crippen LogP contribution in [0.15, 0.2) is 58.1 Å². The summed E-state index contributed by atoms with van der Waals surface area (Å²) in [6.45, 7) is 0.367. The molecule has 0 aliphatic heterocycles. The predicted octanol–water partition coefficient (Wildman–Crippen LogP) is 2.63. The van der Waals surface area contributed by atoms with Crippen molar-refractivity contribution in [2.24, 2.45) is 0 Å². The molecular formula is C18H16N6O2S. The zero-order valence-corrected chi connectivity index (χ0v) is 15.1. The Morgan fingerprint density at radius 3 is 3.04 bits per heavy atom. The molecule has 0 radical (unpaired) electrons. The van der Waals surface area contributed by atoms with Crippen molar-refractivity contribution < 1.29 is 9.32 Å². The maximum atomic E-state index is 12.2. The van der Waals surface area contributed by atoms with Gasteiger partial charge in [0, 0.05) is 54.5 Å². The van der Waals surface area contributed by atoms with E-state index in [0.717, 1.165) is 11.1 Å². The molecule has 0 saturated heterocycles. The number of nitrogens with one attached hydrogen (secondary N) is 1. The Balaban J connectivity index is 1.32. The molecule has 0 aliphatic rings. The summed E-state index contributed by atoms with van der Waals surface area (Å²) in [5.74, 6) is 1.59. The van der Waals surface area contributed by atoms with E-state index in [1.54, 1.807) is 28.4 Å². The monoisotopic (exact) mass is 380 g/mol. The SMILES string of the molecule is O=C(CCc1nc(-c2ccsc2)no1)NCc1cccnc1-n1cccn1. The van der Waals surface area contributed by atoms with Crippen LogP contribution in [0.3, 0.4) is 0 Å². The number of thiophene rings is 1. The molecule has 0 unspecified atom stereocenters. The molecule has 0 spiro atoms. The highest BCUT2D eigenvalue weighted by molar-refractivity contribution is 7.08. The van der Waals surface area contributed by atoms with Gasteiger partial charge < -0.3 is 9.84 Å². The zero-order valence-electron chi connectivity index (χ0n) is 14.3. The molecule has 136 valence electrons. The van der Waals surface area contributed by atoms with Crippen LogP contribution in [-0.2, 0) is 17.8 Å². The molecule has 0 fully saturated rings. The van der Waals surface area contributed by atoms with Crippen LogP contribution >= 0.6 is 11.3 Å². The Morgan fingerprint density at radius 2 is 2.22 bits per heavy atom. The van der Waals surface area contributed by atoms with Crippen molar-refractivity contribution in [3.63, 3.8) is 0 Å². The van der Waals surface area contributed by atoms with E-state index in [1.807, 2.05) is 41.2 Å². The molecule has 0 aromatic carbocycles. The number of nitrogens with zero attached hydrogens (tertiary/aromatic N) is 5. The maximum absolute atomic E-state index is 12.2. The Hall–Kier alpha value is -3.33. The van der Waals surface area contributed by atoms with Gasteiger partial charge in [-0.15, -0.1) is 0 Å². The molecule has 27 heavy (non-hydrogen) atoms. The average molecular weight is 380 g/mol. The minimum Gasteiger partial charge on any atom is -0.352 e. The van der Waals surface area contributed by atoms with Gasteiger partial charge in [0.25, 0.3) is 0 Å². The number of aryl methyl sites for hydroxylation is 1. The highest BCUT2D eigenvalue weighted by Gasteiger charge is 2.12. The molecule has 1 amide bonds. The summed E-state index contributed by atoms with van der Waals surface area (Å²) in [7, 11) is 0. The van der Waals surface area contributed by atoms with Gasteiger partial charge in [0.15, 0.2) is 5.82 Å². The quantitative estimate of drug-likeness (QED) is 0.529.